The third kappa shape index (κ3) is 5.69. The number of methoxy groups -OCH3 is 1. The third-order valence-corrected chi connectivity index (χ3v) is 7.13. The number of hydrogen-bond acceptors (Lipinski definition) is 3. The van der Waals surface area contributed by atoms with Gasteiger partial charge in [-0.1, -0.05) is 30.3 Å². The van der Waals surface area contributed by atoms with E-state index in [0.717, 1.165) is 65.0 Å². The van der Waals surface area contributed by atoms with Gasteiger partial charge in [0, 0.05) is 48.2 Å². The lowest BCUT2D eigenvalue weighted by atomic mass is 10.0. The second-order valence-corrected chi connectivity index (χ2v) is 9.58. The number of nitrogens with zero attached hydrogens (tertiary/aromatic N) is 1. The number of amides is 2. The maximum Gasteiger partial charge on any atom is 0.253 e. The van der Waals surface area contributed by atoms with Crippen LogP contribution < -0.4 is 10.1 Å². The zero-order valence-corrected chi connectivity index (χ0v) is 21.3. The van der Waals surface area contributed by atoms with Crippen LogP contribution in [-0.2, 0) is 17.8 Å². The summed E-state index contributed by atoms with van der Waals surface area (Å²) in [5.74, 6) is 0.908. The highest BCUT2D eigenvalue weighted by Crippen LogP contribution is 2.32. The average Bonchev–Trinajstić information content (AvgIpc) is 3.34. The van der Waals surface area contributed by atoms with Gasteiger partial charge in [0.1, 0.15) is 5.75 Å². The van der Waals surface area contributed by atoms with Gasteiger partial charge in [0.25, 0.3) is 5.91 Å². The first-order valence-electron chi connectivity index (χ1n) is 13.0. The highest BCUT2D eigenvalue weighted by atomic mass is 16.5. The summed E-state index contributed by atoms with van der Waals surface area (Å²) in [4.78, 5) is 30.9. The van der Waals surface area contributed by atoms with E-state index >= 15 is 0 Å². The molecule has 1 aromatic heterocycles. The van der Waals surface area contributed by atoms with Crippen LogP contribution in [-0.4, -0.2) is 41.9 Å². The van der Waals surface area contributed by atoms with E-state index in [1.807, 2.05) is 65.6 Å². The van der Waals surface area contributed by atoms with Crippen molar-refractivity contribution in [3.05, 3.63) is 89.5 Å². The minimum Gasteiger partial charge on any atom is -0.497 e. The van der Waals surface area contributed by atoms with Gasteiger partial charge < -0.3 is 19.9 Å². The largest absolute Gasteiger partial charge is 0.497 e. The van der Waals surface area contributed by atoms with E-state index in [2.05, 4.69) is 22.4 Å². The van der Waals surface area contributed by atoms with Gasteiger partial charge in [0.2, 0.25) is 5.91 Å². The number of nitrogens with one attached hydrogen (secondary N) is 2. The first-order chi connectivity index (χ1) is 18.1. The highest BCUT2D eigenvalue weighted by Gasteiger charge is 2.18. The molecule has 0 aliphatic carbocycles. The van der Waals surface area contributed by atoms with Crippen molar-refractivity contribution in [1.29, 1.82) is 0 Å². The van der Waals surface area contributed by atoms with Crippen molar-refractivity contribution in [2.75, 3.05) is 20.2 Å². The molecule has 1 saturated heterocycles. The molecule has 0 spiro atoms. The predicted octanol–water partition coefficient (Wildman–Crippen LogP) is 5.72. The van der Waals surface area contributed by atoms with Crippen molar-refractivity contribution in [3.8, 4) is 17.0 Å². The Labute approximate surface area is 217 Å². The van der Waals surface area contributed by atoms with Crippen LogP contribution in [0.5, 0.6) is 5.75 Å². The number of benzene rings is 3. The number of aryl methyl sites for hydroxylation is 1. The molecule has 1 aliphatic heterocycles. The molecule has 4 aromatic rings. The molecule has 2 heterocycles. The molecule has 1 fully saturated rings. The van der Waals surface area contributed by atoms with Crippen LogP contribution in [0.3, 0.4) is 0 Å². The number of aromatic nitrogens is 1. The number of likely N-dealkylation sites (tertiary alicyclic amines) is 1. The molecule has 0 saturated carbocycles. The van der Waals surface area contributed by atoms with Crippen molar-refractivity contribution < 1.29 is 14.3 Å². The number of hydrogen-bond donors (Lipinski definition) is 2. The number of carbonyl (C=O) groups is 2. The molecule has 0 bridgehead atoms. The van der Waals surface area contributed by atoms with E-state index in [1.165, 1.54) is 6.42 Å². The topological polar surface area (TPSA) is 74.4 Å². The molecular formula is C31H33N3O3. The molecule has 2 N–H and O–H groups in total. The first kappa shape index (κ1) is 24.6. The normalized spacial score (nSPS) is 13.5. The number of para-hydroxylation sites is 1. The van der Waals surface area contributed by atoms with Crippen molar-refractivity contribution in [3.63, 3.8) is 0 Å². The van der Waals surface area contributed by atoms with Crippen LogP contribution in [0.4, 0.5) is 0 Å². The van der Waals surface area contributed by atoms with Crippen molar-refractivity contribution in [1.82, 2.24) is 15.2 Å². The molecule has 0 radical (unpaired) electrons. The number of rotatable bonds is 8. The minimum absolute atomic E-state index is 0.000526. The fraction of sp³-hybridized carbons (Fsp3) is 0.290. The number of ether oxygens (including phenoxy) is 1. The zero-order chi connectivity index (χ0) is 25.6. The Balaban J connectivity index is 1.21. The second-order valence-electron chi connectivity index (χ2n) is 9.58. The van der Waals surface area contributed by atoms with Crippen LogP contribution >= 0.6 is 0 Å². The summed E-state index contributed by atoms with van der Waals surface area (Å²) in [5, 5.41) is 4.17. The SMILES string of the molecule is COc1ccc(-c2[nH]c3ccccc3c2CCC(=O)NCc2ccc(C(=O)N3CCCCC3)cc2)cc1. The van der Waals surface area contributed by atoms with Crippen LogP contribution in [0.15, 0.2) is 72.8 Å². The molecule has 0 unspecified atom stereocenters. The Morgan fingerprint density at radius 3 is 2.38 bits per heavy atom. The fourth-order valence-corrected chi connectivity index (χ4v) is 5.04. The van der Waals surface area contributed by atoms with Gasteiger partial charge in [-0.25, -0.2) is 0 Å². The highest BCUT2D eigenvalue weighted by molar-refractivity contribution is 5.94. The first-order valence-corrected chi connectivity index (χ1v) is 13.0. The monoisotopic (exact) mass is 495 g/mol. The van der Waals surface area contributed by atoms with E-state index in [1.54, 1.807) is 7.11 Å². The summed E-state index contributed by atoms with van der Waals surface area (Å²) in [5.41, 5.74) is 5.98. The number of carbonyl (C=O) groups excluding carboxylic acids is 2. The van der Waals surface area contributed by atoms with Crippen LogP contribution in [0, 0.1) is 0 Å². The van der Waals surface area contributed by atoms with E-state index in [9.17, 15) is 9.59 Å². The van der Waals surface area contributed by atoms with Crippen LogP contribution in [0.1, 0.15) is 47.2 Å². The Hall–Kier alpha value is -4.06. The Morgan fingerprint density at radius 2 is 1.65 bits per heavy atom. The molecule has 1 aliphatic rings. The molecule has 0 atom stereocenters. The van der Waals surface area contributed by atoms with E-state index < -0.39 is 0 Å². The predicted molar refractivity (Wildman–Crippen MR) is 147 cm³/mol. The number of fused-ring (bicyclic) bond motifs is 1. The van der Waals surface area contributed by atoms with Gasteiger partial charge >= 0.3 is 0 Å². The Kier molecular flexibility index (Phi) is 7.54. The smallest absolute Gasteiger partial charge is 0.253 e. The molecule has 190 valence electrons. The molecule has 6 heteroatoms. The lowest BCUT2D eigenvalue weighted by Gasteiger charge is -2.26. The van der Waals surface area contributed by atoms with Gasteiger partial charge in [0.05, 0.1) is 7.11 Å². The lowest BCUT2D eigenvalue weighted by Crippen LogP contribution is -2.35. The van der Waals surface area contributed by atoms with E-state index in [-0.39, 0.29) is 11.8 Å². The number of H-pyrrole nitrogens is 1. The molecule has 5 rings (SSSR count). The van der Waals surface area contributed by atoms with Gasteiger partial charge in [-0.3, -0.25) is 9.59 Å². The number of piperidine rings is 1. The molecular weight excluding hydrogens is 462 g/mol. The Morgan fingerprint density at radius 1 is 0.919 bits per heavy atom. The van der Waals surface area contributed by atoms with Gasteiger partial charge in [0.15, 0.2) is 0 Å². The molecule has 6 nitrogen and oxygen atoms in total. The summed E-state index contributed by atoms with van der Waals surface area (Å²) in [6, 6.07) is 23.8. The Bertz CT molecular complexity index is 1370. The van der Waals surface area contributed by atoms with Crippen LogP contribution in [0.2, 0.25) is 0 Å². The standard InChI is InChI=1S/C31H33N3O3/c1-37-25-15-13-23(14-16-25)30-27(26-7-3-4-8-28(26)33-30)17-18-29(35)32-21-22-9-11-24(12-10-22)31(36)34-19-5-2-6-20-34/h3-4,7-16,33H,2,5-6,17-21H2,1H3,(H,32,35). The van der Waals surface area contributed by atoms with Crippen molar-refractivity contribution in [2.24, 2.45) is 0 Å². The summed E-state index contributed by atoms with van der Waals surface area (Å²) in [7, 11) is 1.66. The van der Waals surface area contributed by atoms with E-state index in [0.29, 0.717) is 24.9 Å². The number of aromatic amines is 1. The molecule has 37 heavy (non-hydrogen) atoms. The van der Waals surface area contributed by atoms with Gasteiger partial charge in [-0.2, -0.15) is 0 Å². The van der Waals surface area contributed by atoms with Crippen LogP contribution in [0.25, 0.3) is 22.2 Å². The minimum atomic E-state index is -0.000526. The maximum atomic E-state index is 12.8. The summed E-state index contributed by atoms with van der Waals surface area (Å²) < 4.78 is 5.30. The van der Waals surface area contributed by atoms with Gasteiger partial charge in [-0.05, 0) is 84.8 Å². The average molecular weight is 496 g/mol. The summed E-state index contributed by atoms with van der Waals surface area (Å²) in [6.07, 6.45) is 4.37. The zero-order valence-electron chi connectivity index (χ0n) is 21.3. The summed E-state index contributed by atoms with van der Waals surface area (Å²) >= 11 is 0. The molecule has 3 aromatic carbocycles. The summed E-state index contributed by atoms with van der Waals surface area (Å²) in [6.45, 7) is 2.12. The quantitative estimate of drug-likeness (QED) is 0.328. The lowest BCUT2D eigenvalue weighted by molar-refractivity contribution is -0.121. The fourth-order valence-electron chi connectivity index (χ4n) is 5.04. The van der Waals surface area contributed by atoms with Crippen molar-refractivity contribution >= 4 is 22.7 Å². The molecule has 2 amide bonds. The van der Waals surface area contributed by atoms with Gasteiger partial charge in [-0.15, -0.1) is 0 Å². The second kappa shape index (κ2) is 11.3. The maximum absolute atomic E-state index is 12.8. The van der Waals surface area contributed by atoms with E-state index in [4.69, 9.17) is 4.74 Å². The van der Waals surface area contributed by atoms with Crippen molar-refractivity contribution in [2.45, 2.75) is 38.6 Å². The third-order valence-electron chi connectivity index (χ3n) is 7.13.